The Hall–Kier alpha value is 0.160. The molecule has 0 saturated carbocycles. The number of hydrogen-bond donors (Lipinski definition) is 2. The molecule has 0 fully saturated rings. The van der Waals surface area contributed by atoms with Gasteiger partial charge >= 0.3 is 0 Å². The molecule has 1 unspecified atom stereocenters. The van der Waals surface area contributed by atoms with Crippen molar-refractivity contribution in [2.75, 3.05) is 0 Å². The molecule has 4 heteroatoms. The van der Waals surface area contributed by atoms with Gasteiger partial charge in [0.05, 0.1) is 0 Å². The van der Waals surface area contributed by atoms with Crippen LogP contribution in [0.5, 0.6) is 0 Å². The maximum absolute atomic E-state index is 6.06. The molecule has 1 aromatic carbocycles. The van der Waals surface area contributed by atoms with Crippen LogP contribution in [0.1, 0.15) is 63.5 Å². The Balaban J connectivity index is 2.42. The van der Waals surface area contributed by atoms with Gasteiger partial charge in [0.25, 0.3) is 0 Å². The molecule has 0 aromatic heterocycles. The number of unbranched alkanes of at least 4 members (excludes halogenated alkanes) is 5. The third-order valence-electron chi connectivity index (χ3n) is 3.38. The smallest absolute Gasteiger partial charge is 0.0471 e. The van der Waals surface area contributed by atoms with Gasteiger partial charge in [-0.05, 0) is 52.8 Å². The maximum atomic E-state index is 6.06. The SMILES string of the molecule is CCCCCCCCC(NN)c1cc(Cl)ccc1I. The van der Waals surface area contributed by atoms with E-state index in [2.05, 4.69) is 34.9 Å². The van der Waals surface area contributed by atoms with Gasteiger partial charge in [0.2, 0.25) is 0 Å². The lowest BCUT2D eigenvalue weighted by Gasteiger charge is -2.18. The third-order valence-corrected chi connectivity index (χ3v) is 4.60. The van der Waals surface area contributed by atoms with E-state index in [-0.39, 0.29) is 6.04 Å². The highest BCUT2D eigenvalue weighted by molar-refractivity contribution is 14.1. The van der Waals surface area contributed by atoms with Crippen LogP contribution in [0, 0.1) is 3.57 Å². The van der Waals surface area contributed by atoms with E-state index in [9.17, 15) is 0 Å². The molecule has 0 aliphatic carbocycles. The quantitative estimate of drug-likeness (QED) is 0.261. The Morgan fingerprint density at radius 2 is 1.89 bits per heavy atom. The summed E-state index contributed by atoms with van der Waals surface area (Å²) < 4.78 is 1.22. The van der Waals surface area contributed by atoms with Crippen LogP contribution in [0.2, 0.25) is 5.02 Å². The van der Waals surface area contributed by atoms with Crippen LogP contribution in [0.3, 0.4) is 0 Å². The molecule has 108 valence electrons. The molecule has 0 bridgehead atoms. The molecule has 1 atom stereocenters. The fraction of sp³-hybridized carbons (Fsp3) is 0.600. The van der Waals surface area contributed by atoms with E-state index in [4.69, 9.17) is 17.4 Å². The van der Waals surface area contributed by atoms with Crippen LogP contribution in [-0.2, 0) is 0 Å². The first kappa shape index (κ1) is 17.2. The Bertz CT molecular complexity index is 371. The molecule has 3 N–H and O–H groups in total. The van der Waals surface area contributed by atoms with Crippen molar-refractivity contribution in [3.8, 4) is 0 Å². The van der Waals surface area contributed by atoms with Crippen molar-refractivity contribution in [2.45, 2.75) is 57.9 Å². The summed E-state index contributed by atoms with van der Waals surface area (Å²) in [5, 5.41) is 0.776. The predicted molar refractivity (Wildman–Crippen MR) is 92.2 cm³/mol. The van der Waals surface area contributed by atoms with E-state index < -0.39 is 0 Å². The lowest BCUT2D eigenvalue weighted by molar-refractivity contribution is 0.475. The zero-order chi connectivity index (χ0) is 14.1. The Kier molecular flexibility index (Phi) is 9.03. The second-order valence-electron chi connectivity index (χ2n) is 4.94. The average Bonchev–Trinajstić information content (AvgIpc) is 2.41. The molecule has 0 amide bonds. The van der Waals surface area contributed by atoms with Gasteiger partial charge < -0.3 is 0 Å². The molecule has 1 rings (SSSR count). The van der Waals surface area contributed by atoms with Crippen molar-refractivity contribution in [2.24, 2.45) is 5.84 Å². The zero-order valence-corrected chi connectivity index (χ0v) is 14.5. The van der Waals surface area contributed by atoms with E-state index >= 15 is 0 Å². The van der Waals surface area contributed by atoms with Crippen molar-refractivity contribution < 1.29 is 0 Å². The fourth-order valence-corrected chi connectivity index (χ4v) is 3.13. The molecule has 1 aromatic rings. The third kappa shape index (κ3) is 6.43. The molecule has 0 aliphatic rings. The van der Waals surface area contributed by atoms with Gasteiger partial charge in [0, 0.05) is 14.6 Å². The van der Waals surface area contributed by atoms with Gasteiger partial charge in [-0.3, -0.25) is 11.3 Å². The highest BCUT2D eigenvalue weighted by atomic mass is 127. The molecule has 2 nitrogen and oxygen atoms in total. The molecule has 0 heterocycles. The van der Waals surface area contributed by atoms with Crippen LogP contribution in [0.25, 0.3) is 0 Å². The van der Waals surface area contributed by atoms with E-state index in [1.165, 1.54) is 47.7 Å². The van der Waals surface area contributed by atoms with Gasteiger partial charge in [0.15, 0.2) is 0 Å². The predicted octanol–water partition coefficient (Wildman–Crippen LogP) is 5.20. The molecule has 19 heavy (non-hydrogen) atoms. The Morgan fingerprint density at radius 1 is 1.21 bits per heavy atom. The van der Waals surface area contributed by atoms with Crippen molar-refractivity contribution in [3.05, 3.63) is 32.4 Å². The summed E-state index contributed by atoms with van der Waals surface area (Å²) in [6.45, 7) is 2.25. The summed E-state index contributed by atoms with van der Waals surface area (Å²) in [4.78, 5) is 0. The second-order valence-corrected chi connectivity index (χ2v) is 6.54. The molecule has 0 saturated heterocycles. The summed E-state index contributed by atoms with van der Waals surface area (Å²) in [5.74, 6) is 5.69. The molecule has 0 spiro atoms. The Labute approximate surface area is 135 Å². The second kappa shape index (κ2) is 9.97. The molecular weight excluding hydrogens is 371 g/mol. The van der Waals surface area contributed by atoms with Crippen LogP contribution in [0.15, 0.2) is 18.2 Å². The Morgan fingerprint density at radius 3 is 2.58 bits per heavy atom. The summed E-state index contributed by atoms with van der Waals surface area (Å²) in [6, 6.07) is 6.19. The van der Waals surface area contributed by atoms with Crippen molar-refractivity contribution in [1.82, 2.24) is 5.43 Å². The topological polar surface area (TPSA) is 38.0 Å². The van der Waals surface area contributed by atoms with Crippen molar-refractivity contribution in [3.63, 3.8) is 0 Å². The van der Waals surface area contributed by atoms with E-state index in [0.717, 1.165) is 11.4 Å². The number of nitrogens with two attached hydrogens (primary N) is 1. The van der Waals surface area contributed by atoms with E-state index in [1.807, 2.05) is 18.2 Å². The van der Waals surface area contributed by atoms with Gasteiger partial charge in [0.1, 0.15) is 0 Å². The maximum Gasteiger partial charge on any atom is 0.0471 e. The lowest BCUT2D eigenvalue weighted by Crippen LogP contribution is -2.28. The number of hydrogen-bond acceptors (Lipinski definition) is 2. The van der Waals surface area contributed by atoms with Crippen LogP contribution in [0.4, 0.5) is 0 Å². The van der Waals surface area contributed by atoms with Gasteiger partial charge in [-0.2, -0.15) is 0 Å². The standard InChI is InChI=1S/C15H24ClIN2/c1-2-3-4-5-6-7-8-15(19-18)13-11-12(16)9-10-14(13)17/h9-11,15,19H,2-8,18H2,1H3. The zero-order valence-electron chi connectivity index (χ0n) is 11.6. The van der Waals surface area contributed by atoms with Gasteiger partial charge in [-0.15, -0.1) is 0 Å². The minimum atomic E-state index is 0.205. The number of hydrazine groups is 1. The largest absolute Gasteiger partial charge is 0.271 e. The number of nitrogens with one attached hydrogen (secondary N) is 1. The van der Waals surface area contributed by atoms with Crippen molar-refractivity contribution in [1.29, 1.82) is 0 Å². The van der Waals surface area contributed by atoms with E-state index in [0.29, 0.717) is 0 Å². The normalized spacial score (nSPS) is 12.6. The summed E-state index contributed by atoms with van der Waals surface area (Å²) >= 11 is 8.41. The highest BCUT2D eigenvalue weighted by Gasteiger charge is 2.13. The van der Waals surface area contributed by atoms with Gasteiger partial charge in [-0.1, -0.05) is 57.0 Å². The molecular formula is C15H24ClIN2. The highest BCUT2D eigenvalue weighted by Crippen LogP contribution is 2.27. The molecule has 0 radical (unpaired) electrons. The molecule has 0 aliphatic heterocycles. The lowest BCUT2D eigenvalue weighted by atomic mass is 10.00. The minimum Gasteiger partial charge on any atom is -0.271 e. The summed E-state index contributed by atoms with van der Waals surface area (Å²) in [6.07, 6.45) is 8.90. The average molecular weight is 395 g/mol. The summed E-state index contributed by atoms with van der Waals surface area (Å²) in [7, 11) is 0. The van der Waals surface area contributed by atoms with Crippen molar-refractivity contribution >= 4 is 34.2 Å². The van der Waals surface area contributed by atoms with Crippen LogP contribution in [-0.4, -0.2) is 0 Å². The number of benzene rings is 1. The van der Waals surface area contributed by atoms with Crippen LogP contribution >= 0.6 is 34.2 Å². The number of rotatable bonds is 9. The minimum absolute atomic E-state index is 0.205. The summed E-state index contributed by atoms with van der Waals surface area (Å²) in [5.41, 5.74) is 4.14. The number of halogens is 2. The first-order chi connectivity index (χ1) is 9.19. The van der Waals surface area contributed by atoms with Gasteiger partial charge in [-0.25, -0.2) is 0 Å². The first-order valence-electron chi connectivity index (χ1n) is 7.10. The first-order valence-corrected chi connectivity index (χ1v) is 8.55. The fourth-order valence-electron chi connectivity index (χ4n) is 2.24. The monoisotopic (exact) mass is 394 g/mol. The van der Waals surface area contributed by atoms with E-state index in [1.54, 1.807) is 0 Å². The van der Waals surface area contributed by atoms with Crippen LogP contribution < -0.4 is 11.3 Å².